The second kappa shape index (κ2) is 6.52. The SMILES string of the molecule is COC(=O)c1ccc(Nc2cnn(CC3CCCO3)c2)nn1. The summed E-state index contributed by atoms with van der Waals surface area (Å²) in [5, 5.41) is 15.1. The van der Waals surface area contributed by atoms with E-state index in [4.69, 9.17) is 4.74 Å². The minimum absolute atomic E-state index is 0.169. The Bertz CT molecular complexity index is 634. The van der Waals surface area contributed by atoms with E-state index in [0.29, 0.717) is 5.82 Å². The largest absolute Gasteiger partial charge is 0.464 e. The van der Waals surface area contributed by atoms with Gasteiger partial charge >= 0.3 is 5.97 Å². The molecule has 0 aliphatic carbocycles. The molecule has 8 nitrogen and oxygen atoms in total. The lowest BCUT2D eigenvalue weighted by Gasteiger charge is -2.08. The number of nitrogens with one attached hydrogen (secondary N) is 1. The highest BCUT2D eigenvalue weighted by atomic mass is 16.5. The molecule has 1 aliphatic heterocycles. The molecular weight excluding hydrogens is 286 g/mol. The lowest BCUT2D eigenvalue weighted by molar-refractivity contribution is 0.0592. The number of anilines is 2. The molecule has 116 valence electrons. The third kappa shape index (κ3) is 3.40. The van der Waals surface area contributed by atoms with Crippen LogP contribution in [0.25, 0.3) is 0 Å². The molecular formula is C14H17N5O3. The van der Waals surface area contributed by atoms with Gasteiger partial charge in [-0.1, -0.05) is 0 Å². The van der Waals surface area contributed by atoms with Gasteiger partial charge in [0.25, 0.3) is 0 Å². The minimum Gasteiger partial charge on any atom is -0.464 e. The maximum atomic E-state index is 11.3. The van der Waals surface area contributed by atoms with Crippen LogP contribution in [0.1, 0.15) is 23.3 Å². The summed E-state index contributed by atoms with van der Waals surface area (Å²) in [6.07, 6.45) is 6.02. The minimum atomic E-state index is -0.511. The van der Waals surface area contributed by atoms with Crippen LogP contribution in [0.15, 0.2) is 24.5 Å². The van der Waals surface area contributed by atoms with Crippen molar-refractivity contribution in [3.63, 3.8) is 0 Å². The number of hydrogen-bond donors (Lipinski definition) is 1. The van der Waals surface area contributed by atoms with Gasteiger partial charge < -0.3 is 14.8 Å². The normalized spacial score (nSPS) is 17.4. The number of ether oxygens (including phenoxy) is 2. The smallest absolute Gasteiger partial charge is 0.358 e. The summed E-state index contributed by atoms with van der Waals surface area (Å²) in [7, 11) is 1.30. The number of rotatable bonds is 5. The number of carbonyl (C=O) groups is 1. The highest BCUT2D eigenvalue weighted by molar-refractivity contribution is 5.87. The first-order valence-electron chi connectivity index (χ1n) is 7.08. The molecule has 0 saturated carbocycles. The monoisotopic (exact) mass is 303 g/mol. The Balaban J connectivity index is 1.60. The number of carbonyl (C=O) groups excluding carboxylic acids is 1. The van der Waals surface area contributed by atoms with Crippen LogP contribution >= 0.6 is 0 Å². The van der Waals surface area contributed by atoms with E-state index in [0.717, 1.165) is 31.7 Å². The van der Waals surface area contributed by atoms with Crippen LogP contribution in [0.5, 0.6) is 0 Å². The summed E-state index contributed by atoms with van der Waals surface area (Å²) >= 11 is 0. The number of nitrogens with zero attached hydrogens (tertiary/aromatic N) is 4. The topological polar surface area (TPSA) is 91.2 Å². The van der Waals surface area contributed by atoms with Crippen molar-refractivity contribution in [2.75, 3.05) is 19.0 Å². The average molecular weight is 303 g/mol. The van der Waals surface area contributed by atoms with Crippen molar-refractivity contribution in [2.45, 2.75) is 25.5 Å². The van der Waals surface area contributed by atoms with E-state index in [9.17, 15) is 4.79 Å². The molecule has 0 radical (unpaired) electrons. The number of aromatic nitrogens is 4. The summed E-state index contributed by atoms with van der Waals surface area (Å²) in [6, 6.07) is 3.22. The summed E-state index contributed by atoms with van der Waals surface area (Å²) in [6.45, 7) is 1.58. The molecule has 2 aromatic rings. The molecule has 0 bridgehead atoms. The molecule has 8 heteroatoms. The van der Waals surface area contributed by atoms with E-state index < -0.39 is 5.97 Å². The van der Waals surface area contributed by atoms with Crippen molar-refractivity contribution in [3.05, 3.63) is 30.2 Å². The zero-order chi connectivity index (χ0) is 15.4. The van der Waals surface area contributed by atoms with E-state index in [2.05, 4.69) is 25.3 Å². The first-order valence-corrected chi connectivity index (χ1v) is 7.08. The van der Waals surface area contributed by atoms with Gasteiger partial charge in [0.15, 0.2) is 11.5 Å². The zero-order valence-corrected chi connectivity index (χ0v) is 12.2. The Morgan fingerprint density at radius 1 is 1.50 bits per heavy atom. The van der Waals surface area contributed by atoms with Gasteiger partial charge in [-0.25, -0.2) is 4.79 Å². The summed E-state index contributed by atoms with van der Waals surface area (Å²) in [4.78, 5) is 11.3. The second-order valence-corrected chi connectivity index (χ2v) is 5.01. The third-order valence-corrected chi connectivity index (χ3v) is 3.38. The quantitative estimate of drug-likeness (QED) is 0.834. The summed E-state index contributed by atoms with van der Waals surface area (Å²) in [5.74, 6) is 0.0211. The molecule has 1 saturated heterocycles. The zero-order valence-electron chi connectivity index (χ0n) is 12.2. The van der Waals surface area contributed by atoms with Gasteiger partial charge in [-0.3, -0.25) is 4.68 Å². The molecule has 1 fully saturated rings. The molecule has 3 rings (SSSR count). The summed E-state index contributed by atoms with van der Waals surface area (Å²) in [5.41, 5.74) is 0.972. The van der Waals surface area contributed by atoms with Crippen LogP contribution in [0, 0.1) is 0 Å². The molecule has 3 heterocycles. The molecule has 1 aliphatic rings. The molecule has 0 aromatic carbocycles. The Morgan fingerprint density at radius 2 is 2.41 bits per heavy atom. The van der Waals surface area contributed by atoms with Crippen molar-refractivity contribution < 1.29 is 14.3 Å². The van der Waals surface area contributed by atoms with Gasteiger partial charge in [0.1, 0.15) is 0 Å². The number of esters is 1. The fourth-order valence-electron chi connectivity index (χ4n) is 2.29. The van der Waals surface area contributed by atoms with Gasteiger partial charge in [0, 0.05) is 12.8 Å². The molecule has 22 heavy (non-hydrogen) atoms. The molecule has 0 spiro atoms. The average Bonchev–Trinajstić information content (AvgIpc) is 3.20. The van der Waals surface area contributed by atoms with E-state index in [1.165, 1.54) is 7.11 Å². The molecule has 0 amide bonds. The fourth-order valence-corrected chi connectivity index (χ4v) is 2.29. The van der Waals surface area contributed by atoms with Crippen LogP contribution in [0.4, 0.5) is 11.5 Å². The van der Waals surface area contributed by atoms with E-state index >= 15 is 0 Å². The highest BCUT2D eigenvalue weighted by Gasteiger charge is 2.16. The lowest BCUT2D eigenvalue weighted by Crippen LogP contribution is -2.15. The van der Waals surface area contributed by atoms with Gasteiger partial charge in [-0.15, -0.1) is 10.2 Å². The van der Waals surface area contributed by atoms with E-state index in [1.807, 2.05) is 10.9 Å². The Labute approximate surface area is 127 Å². The molecule has 2 aromatic heterocycles. The van der Waals surface area contributed by atoms with Crippen molar-refractivity contribution in [1.29, 1.82) is 0 Å². The first-order chi connectivity index (χ1) is 10.7. The van der Waals surface area contributed by atoms with E-state index in [1.54, 1.807) is 18.3 Å². The second-order valence-electron chi connectivity index (χ2n) is 5.01. The van der Waals surface area contributed by atoms with Crippen molar-refractivity contribution in [1.82, 2.24) is 20.0 Å². The third-order valence-electron chi connectivity index (χ3n) is 3.38. The standard InChI is InChI=1S/C14H17N5O3/c1-21-14(20)12-4-5-13(18-17-12)16-10-7-15-19(8-10)9-11-3-2-6-22-11/h4-5,7-8,11H,2-3,6,9H2,1H3,(H,16,18). The number of methoxy groups -OCH3 is 1. The van der Waals surface area contributed by atoms with E-state index in [-0.39, 0.29) is 11.8 Å². The van der Waals surface area contributed by atoms with Gasteiger partial charge in [0.2, 0.25) is 0 Å². The van der Waals surface area contributed by atoms with Crippen molar-refractivity contribution in [3.8, 4) is 0 Å². The number of hydrogen-bond acceptors (Lipinski definition) is 7. The lowest BCUT2D eigenvalue weighted by atomic mass is 10.2. The summed E-state index contributed by atoms with van der Waals surface area (Å²) < 4.78 is 12.0. The Morgan fingerprint density at radius 3 is 3.09 bits per heavy atom. The van der Waals surface area contributed by atoms with Crippen molar-refractivity contribution >= 4 is 17.5 Å². The predicted molar refractivity (Wildman–Crippen MR) is 77.9 cm³/mol. The first kappa shape index (κ1) is 14.5. The highest BCUT2D eigenvalue weighted by Crippen LogP contribution is 2.16. The molecule has 1 atom stereocenters. The van der Waals surface area contributed by atoms with Crippen LogP contribution in [0.3, 0.4) is 0 Å². The molecule has 1 unspecified atom stereocenters. The van der Waals surface area contributed by atoms with Gasteiger partial charge in [-0.05, 0) is 25.0 Å². The predicted octanol–water partition coefficient (Wildman–Crippen LogP) is 1.38. The Kier molecular flexibility index (Phi) is 4.29. The fraction of sp³-hybridized carbons (Fsp3) is 0.429. The van der Waals surface area contributed by atoms with Crippen LogP contribution in [-0.2, 0) is 16.0 Å². The molecule has 1 N–H and O–H groups in total. The van der Waals surface area contributed by atoms with Gasteiger partial charge in [0.05, 0.1) is 31.6 Å². The van der Waals surface area contributed by atoms with Crippen LogP contribution in [-0.4, -0.2) is 45.8 Å². The maximum Gasteiger partial charge on any atom is 0.358 e. The van der Waals surface area contributed by atoms with Crippen LogP contribution in [0.2, 0.25) is 0 Å². The Hall–Kier alpha value is -2.48. The van der Waals surface area contributed by atoms with Gasteiger partial charge in [-0.2, -0.15) is 5.10 Å². The van der Waals surface area contributed by atoms with Crippen LogP contribution < -0.4 is 5.32 Å². The maximum absolute atomic E-state index is 11.3. The van der Waals surface area contributed by atoms with Crippen molar-refractivity contribution in [2.24, 2.45) is 0 Å².